The van der Waals surface area contributed by atoms with Crippen LogP contribution in [-0.2, 0) is 13.5 Å². The molecule has 0 atom stereocenters. The fourth-order valence-corrected chi connectivity index (χ4v) is 1.49. The monoisotopic (exact) mass is 246 g/mol. The lowest BCUT2D eigenvalue weighted by Gasteiger charge is -2.05. The Hall–Kier alpha value is -2.44. The minimum absolute atomic E-state index is 0.246. The predicted molar refractivity (Wildman–Crippen MR) is 66.0 cm³/mol. The lowest BCUT2D eigenvalue weighted by molar-refractivity contribution is 0.0995. The van der Waals surface area contributed by atoms with Crippen molar-refractivity contribution in [2.75, 3.05) is 11.9 Å². The molecule has 2 aromatic rings. The van der Waals surface area contributed by atoms with E-state index in [1.807, 2.05) is 7.05 Å². The number of anilines is 1. The van der Waals surface area contributed by atoms with Gasteiger partial charge in [0.15, 0.2) is 5.82 Å². The van der Waals surface area contributed by atoms with Gasteiger partial charge in [-0.3, -0.25) is 14.5 Å². The molecule has 7 heteroatoms. The summed E-state index contributed by atoms with van der Waals surface area (Å²) >= 11 is 0. The molecule has 0 spiro atoms. The number of nitrogens with two attached hydrogens (primary N) is 1. The van der Waals surface area contributed by atoms with Crippen molar-refractivity contribution < 1.29 is 4.79 Å². The Kier molecular flexibility index (Phi) is 3.52. The first-order valence-corrected chi connectivity index (χ1v) is 5.49. The van der Waals surface area contributed by atoms with Gasteiger partial charge >= 0.3 is 0 Å². The molecule has 18 heavy (non-hydrogen) atoms. The summed E-state index contributed by atoms with van der Waals surface area (Å²) in [5.41, 5.74) is 6.20. The second-order valence-corrected chi connectivity index (χ2v) is 3.81. The smallest absolute Gasteiger partial charge is 0.267 e. The summed E-state index contributed by atoms with van der Waals surface area (Å²) in [5.74, 6) is 0.235. The van der Waals surface area contributed by atoms with Crippen molar-refractivity contribution >= 4 is 11.6 Å². The largest absolute Gasteiger partial charge is 0.384 e. The number of hydrogen-bond acceptors (Lipinski definition) is 5. The molecule has 0 saturated heterocycles. The molecule has 0 aliphatic rings. The summed E-state index contributed by atoms with van der Waals surface area (Å²) in [6.07, 6.45) is 3.91. The predicted octanol–water partition coefficient (Wildman–Crippen LogP) is -0.0364. The number of aryl methyl sites for hydroxylation is 1. The molecule has 0 saturated carbocycles. The van der Waals surface area contributed by atoms with Crippen LogP contribution in [0.4, 0.5) is 5.69 Å². The zero-order valence-electron chi connectivity index (χ0n) is 10.00. The number of nitrogens with zero attached hydrogens (tertiary/aromatic N) is 4. The average Bonchev–Trinajstić information content (AvgIpc) is 2.75. The van der Waals surface area contributed by atoms with Crippen LogP contribution in [0.25, 0.3) is 0 Å². The molecule has 3 N–H and O–H groups in total. The molecule has 0 aliphatic heterocycles. The molecule has 7 nitrogen and oxygen atoms in total. The Morgan fingerprint density at radius 2 is 2.33 bits per heavy atom. The number of primary amides is 1. The van der Waals surface area contributed by atoms with Crippen molar-refractivity contribution in [3.8, 4) is 0 Å². The Bertz CT molecular complexity index is 550. The average molecular weight is 246 g/mol. The number of hydrogen-bond donors (Lipinski definition) is 2. The number of carbonyl (C=O) groups is 1. The molecule has 94 valence electrons. The topological polar surface area (TPSA) is 98.7 Å². The van der Waals surface area contributed by atoms with E-state index in [2.05, 4.69) is 20.4 Å². The lowest BCUT2D eigenvalue weighted by atomic mass is 10.3. The van der Waals surface area contributed by atoms with E-state index in [0.717, 1.165) is 11.5 Å². The third-order valence-corrected chi connectivity index (χ3v) is 2.34. The Labute approximate surface area is 104 Å². The highest BCUT2D eigenvalue weighted by molar-refractivity contribution is 5.91. The summed E-state index contributed by atoms with van der Waals surface area (Å²) in [6.45, 7) is 0.673. The van der Waals surface area contributed by atoms with Gasteiger partial charge < -0.3 is 11.1 Å². The summed E-state index contributed by atoms with van der Waals surface area (Å²) in [4.78, 5) is 18.9. The van der Waals surface area contributed by atoms with Crippen molar-refractivity contribution in [1.82, 2.24) is 19.7 Å². The number of rotatable bonds is 5. The number of pyridine rings is 1. The highest BCUT2D eigenvalue weighted by Crippen LogP contribution is 2.07. The number of amides is 1. The standard InChI is InChI=1S/C11H14N6O/c1-17-7-15-10(16-17)3-5-13-8-2-4-14-9(6-8)11(12)18/h2,4,6-7H,3,5H2,1H3,(H2,12,18)(H,13,14). The van der Waals surface area contributed by atoms with Crippen LogP contribution in [-0.4, -0.2) is 32.2 Å². The second-order valence-electron chi connectivity index (χ2n) is 3.81. The van der Waals surface area contributed by atoms with Crippen LogP contribution in [0.15, 0.2) is 24.7 Å². The zero-order valence-corrected chi connectivity index (χ0v) is 10.00. The lowest BCUT2D eigenvalue weighted by Crippen LogP contribution is -2.14. The molecular weight excluding hydrogens is 232 g/mol. The highest BCUT2D eigenvalue weighted by atomic mass is 16.1. The summed E-state index contributed by atoms with van der Waals surface area (Å²) in [5, 5.41) is 7.33. The van der Waals surface area contributed by atoms with E-state index in [9.17, 15) is 4.79 Å². The van der Waals surface area contributed by atoms with Gasteiger partial charge in [-0.05, 0) is 12.1 Å². The van der Waals surface area contributed by atoms with Crippen molar-refractivity contribution in [1.29, 1.82) is 0 Å². The van der Waals surface area contributed by atoms with Gasteiger partial charge in [0.1, 0.15) is 12.0 Å². The van der Waals surface area contributed by atoms with E-state index in [-0.39, 0.29) is 5.69 Å². The molecular formula is C11H14N6O. The van der Waals surface area contributed by atoms with Gasteiger partial charge in [-0.2, -0.15) is 5.10 Å². The third-order valence-electron chi connectivity index (χ3n) is 2.34. The molecule has 0 aromatic carbocycles. The minimum atomic E-state index is -0.537. The molecule has 0 fully saturated rings. The van der Waals surface area contributed by atoms with E-state index >= 15 is 0 Å². The van der Waals surface area contributed by atoms with Crippen molar-refractivity contribution in [3.63, 3.8) is 0 Å². The van der Waals surface area contributed by atoms with E-state index in [4.69, 9.17) is 5.73 Å². The fraction of sp³-hybridized carbons (Fsp3) is 0.273. The second kappa shape index (κ2) is 5.26. The zero-order chi connectivity index (χ0) is 13.0. The van der Waals surface area contributed by atoms with Crippen LogP contribution in [0.2, 0.25) is 0 Å². The highest BCUT2D eigenvalue weighted by Gasteiger charge is 2.03. The Morgan fingerprint density at radius 1 is 1.50 bits per heavy atom. The molecule has 0 unspecified atom stereocenters. The van der Waals surface area contributed by atoms with E-state index < -0.39 is 5.91 Å². The normalized spacial score (nSPS) is 10.3. The minimum Gasteiger partial charge on any atom is -0.384 e. The number of aromatic nitrogens is 4. The maximum atomic E-state index is 11.0. The van der Waals surface area contributed by atoms with Crippen LogP contribution in [0, 0.1) is 0 Å². The molecule has 0 radical (unpaired) electrons. The Morgan fingerprint density at radius 3 is 3.00 bits per heavy atom. The van der Waals surface area contributed by atoms with Gasteiger partial charge in [-0.15, -0.1) is 0 Å². The molecule has 2 aromatic heterocycles. The van der Waals surface area contributed by atoms with Gasteiger partial charge in [-0.25, -0.2) is 4.98 Å². The molecule has 0 aliphatic carbocycles. The van der Waals surface area contributed by atoms with Gasteiger partial charge in [0.25, 0.3) is 5.91 Å². The van der Waals surface area contributed by atoms with Crippen LogP contribution in [0.1, 0.15) is 16.3 Å². The quantitative estimate of drug-likeness (QED) is 0.771. The maximum Gasteiger partial charge on any atom is 0.267 e. The SMILES string of the molecule is Cn1cnc(CCNc2ccnc(C(N)=O)c2)n1. The Balaban J connectivity index is 1.90. The van der Waals surface area contributed by atoms with Crippen LogP contribution in [0.5, 0.6) is 0 Å². The van der Waals surface area contributed by atoms with Crippen molar-refractivity contribution in [3.05, 3.63) is 36.2 Å². The van der Waals surface area contributed by atoms with Crippen LogP contribution in [0.3, 0.4) is 0 Å². The third kappa shape index (κ3) is 3.03. The first-order chi connectivity index (χ1) is 8.65. The molecule has 0 bridgehead atoms. The number of nitrogens with one attached hydrogen (secondary N) is 1. The number of carbonyl (C=O) groups excluding carboxylic acids is 1. The van der Waals surface area contributed by atoms with Crippen LogP contribution < -0.4 is 11.1 Å². The maximum absolute atomic E-state index is 11.0. The molecule has 2 rings (SSSR count). The van der Waals surface area contributed by atoms with Crippen LogP contribution >= 0.6 is 0 Å². The summed E-state index contributed by atoms with van der Waals surface area (Å²) in [7, 11) is 1.83. The van der Waals surface area contributed by atoms with Gasteiger partial charge in [0, 0.05) is 31.9 Å². The van der Waals surface area contributed by atoms with Crippen molar-refractivity contribution in [2.45, 2.75) is 6.42 Å². The van der Waals surface area contributed by atoms with E-state index in [1.54, 1.807) is 29.3 Å². The molecule has 1 amide bonds. The van der Waals surface area contributed by atoms with Crippen molar-refractivity contribution in [2.24, 2.45) is 12.8 Å². The first-order valence-electron chi connectivity index (χ1n) is 5.49. The summed E-state index contributed by atoms with van der Waals surface area (Å²) in [6, 6.07) is 3.40. The molecule has 2 heterocycles. The van der Waals surface area contributed by atoms with E-state index in [1.165, 1.54) is 0 Å². The van der Waals surface area contributed by atoms with E-state index in [0.29, 0.717) is 13.0 Å². The fourth-order valence-electron chi connectivity index (χ4n) is 1.49. The van der Waals surface area contributed by atoms with Gasteiger partial charge in [0.05, 0.1) is 0 Å². The van der Waals surface area contributed by atoms with Gasteiger partial charge in [-0.1, -0.05) is 0 Å². The van der Waals surface area contributed by atoms with Gasteiger partial charge in [0.2, 0.25) is 0 Å². The first kappa shape index (κ1) is 12.0. The summed E-state index contributed by atoms with van der Waals surface area (Å²) < 4.78 is 1.66.